The van der Waals surface area contributed by atoms with Crippen molar-refractivity contribution in [1.82, 2.24) is 0 Å². The molecule has 0 aliphatic rings. The Labute approximate surface area is 136 Å². The van der Waals surface area contributed by atoms with Gasteiger partial charge in [0.15, 0.2) is 0 Å². The lowest BCUT2D eigenvalue weighted by atomic mass is 10.0. The highest BCUT2D eigenvalue weighted by molar-refractivity contribution is 5.21. The predicted octanol–water partition coefficient (Wildman–Crippen LogP) is 6.29. The van der Waals surface area contributed by atoms with Crippen LogP contribution in [0, 0.1) is 18.3 Å². The number of hydrogen-bond donors (Lipinski definition) is 0. The molecule has 0 heterocycles. The zero-order chi connectivity index (χ0) is 16.2. The van der Waals surface area contributed by atoms with Crippen LogP contribution in [-0.2, 0) is 6.42 Å². The number of hydrogen-bond acceptors (Lipinski definition) is 1. The Hall–Kier alpha value is -1.81. The van der Waals surface area contributed by atoms with E-state index in [9.17, 15) is 0 Å². The van der Waals surface area contributed by atoms with E-state index in [2.05, 4.69) is 63.3 Å². The number of nitrogens with zero attached hydrogens (tertiary/aromatic N) is 1. The van der Waals surface area contributed by atoms with E-state index < -0.39 is 0 Å². The summed E-state index contributed by atoms with van der Waals surface area (Å²) in [5.74, 6) is 0. The molecular weight excluding hydrogens is 266 g/mol. The summed E-state index contributed by atoms with van der Waals surface area (Å²) in [5, 5.41) is 8.53. The van der Waals surface area contributed by atoms with Gasteiger partial charge in [-0.2, -0.15) is 5.26 Å². The smallest absolute Gasteiger partial charge is 0.0621 e. The highest BCUT2D eigenvalue weighted by Gasteiger charge is 1.94. The van der Waals surface area contributed by atoms with Crippen LogP contribution in [0.3, 0.4) is 0 Å². The number of aryl methyl sites for hydroxylation is 2. The average Bonchev–Trinajstić information content (AvgIpc) is 2.49. The molecule has 0 spiro atoms. The summed E-state index contributed by atoms with van der Waals surface area (Å²) in [6.07, 6.45) is 11.9. The number of unbranched alkanes of at least 4 members (excludes halogenated alkanes) is 1. The van der Waals surface area contributed by atoms with Crippen LogP contribution in [0.2, 0.25) is 0 Å². The van der Waals surface area contributed by atoms with Crippen LogP contribution >= 0.6 is 0 Å². The molecule has 118 valence electrons. The molecule has 0 N–H and O–H groups in total. The molecular formula is C21H29N. The lowest BCUT2D eigenvalue weighted by Crippen LogP contribution is -1.85. The lowest BCUT2D eigenvalue weighted by Gasteiger charge is -2.02. The standard InChI is InChI=1S/C21H29N/c1-18(8-4-5-17-22)9-6-10-19(2)11-7-12-21-15-13-20(3)14-16-21/h9,11,13-16H,4-8,10,12H2,1-3H3. The second kappa shape index (κ2) is 10.9. The molecule has 0 atom stereocenters. The number of allylic oxidation sites excluding steroid dienone is 4. The third-order valence-electron chi connectivity index (χ3n) is 3.94. The topological polar surface area (TPSA) is 23.8 Å². The van der Waals surface area contributed by atoms with Gasteiger partial charge in [-0.05, 0) is 64.9 Å². The Balaban J connectivity index is 2.24. The van der Waals surface area contributed by atoms with Crippen molar-refractivity contribution >= 4 is 0 Å². The van der Waals surface area contributed by atoms with Crippen molar-refractivity contribution in [1.29, 1.82) is 5.26 Å². The van der Waals surface area contributed by atoms with Gasteiger partial charge in [-0.15, -0.1) is 0 Å². The van der Waals surface area contributed by atoms with Gasteiger partial charge in [0.05, 0.1) is 6.07 Å². The molecule has 0 aliphatic heterocycles. The fourth-order valence-corrected chi connectivity index (χ4v) is 2.44. The highest BCUT2D eigenvalue weighted by atomic mass is 14.2. The summed E-state index contributed by atoms with van der Waals surface area (Å²) in [7, 11) is 0. The second-order valence-corrected chi connectivity index (χ2v) is 6.18. The lowest BCUT2D eigenvalue weighted by molar-refractivity contribution is 0.827. The quantitative estimate of drug-likeness (QED) is 0.387. The van der Waals surface area contributed by atoms with Crippen LogP contribution in [-0.4, -0.2) is 0 Å². The maximum absolute atomic E-state index is 8.53. The first kappa shape index (κ1) is 18.2. The third-order valence-corrected chi connectivity index (χ3v) is 3.94. The fourth-order valence-electron chi connectivity index (χ4n) is 2.44. The van der Waals surface area contributed by atoms with E-state index in [4.69, 9.17) is 5.26 Å². The minimum Gasteiger partial charge on any atom is -0.198 e. The Morgan fingerprint density at radius 3 is 2.32 bits per heavy atom. The number of nitriles is 1. The monoisotopic (exact) mass is 295 g/mol. The van der Waals surface area contributed by atoms with Crippen LogP contribution in [0.25, 0.3) is 0 Å². The summed E-state index contributed by atoms with van der Waals surface area (Å²) >= 11 is 0. The molecule has 1 heteroatoms. The molecule has 0 fully saturated rings. The van der Waals surface area contributed by atoms with Gasteiger partial charge in [-0.25, -0.2) is 0 Å². The van der Waals surface area contributed by atoms with Gasteiger partial charge in [0, 0.05) is 6.42 Å². The van der Waals surface area contributed by atoms with E-state index in [1.807, 2.05) is 0 Å². The molecule has 1 aromatic rings. The maximum atomic E-state index is 8.53. The minimum atomic E-state index is 0.670. The first-order valence-electron chi connectivity index (χ1n) is 8.35. The van der Waals surface area contributed by atoms with Gasteiger partial charge >= 0.3 is 0 Å². The van der Waals surface area contributed by atoms with Gasteiger partial charge in [0.25, 0.3) is 0 Å². The first-order chi connectivity index (χ1) is 10.6. The average molecular weight is 295 g/mol. The summed E-state index contributed by atoms with van der Waals surface area (Å²) in [6.45, 7) is 6.53. The van der Waals surface area contributed by atoms with Crippen LogP contribution in [0.5, 0.6) is 0 Å². The van der Waals surface area contributed by atoms with E-state index in [0.717, 1.165) is 38.5 Å². The molecule has 1 aromatic carbocycles. The van der Waals surface area contributed by atoms with Crippen LogP contribution < -0.4 is 0 Å². The van der Waals surface area contributed by atoms with E-state index >= 15 is 0 Å². The molecule has 0 aliphatic carbocycles. The van der Waals surface area contributed by atoms with Gasteiger partial charge < -0.3 is 0 Å². The SMILES string of the molecule is CC(=CCCc1ccc(C)cc1)CCC=C(C)CCCC#N. The Morgan fingerprint density at radius 2 is 1.64 bits per heavy atom. The largest absolute Gasteiger partial charge is 0.198 e. The normalized spacial score (nSPS) is 12.3. The van der Waals surface area contributed by atoms with Crippen molar-refractivity contribution in [2.24, 2.45) is 0 Å². The molecule has 0 saturated carbocycles. The zero-order valence-corrected chi connectivity index (χ0v) is 14.4. The third kappa shape index (κ3) is 8.47. The van der Waals surface area contributed by atoms with Crippen molar-refractivity contribution in [2.75, 3.05) is 0 Å². The second-order valence-electron chi connectivity index (χ2n) is 6.18. The van der Waals surface area contributed by atoms with Crippen LogP contribution in [0.4, 0.5) is 0 Å². The molecule has 0 bridgehead atoms. The predicted molar refractivity (Wildman–Crippen MR) is 95.7 cm³/mol. The maximum Gasteiger partial charge on any atom is 0.0621 e. The Bertz CT molecular complexity index is 526. The van der Waals surface area contributed by atoms with Crippen molar-refractivity contribution in [3.63, 3.8) is 0 Å². The van der Waals surface area contributed by atoms with Crippen molar-refractivity contribution in [3.05, 3.63) is 58.7 Å². The Morgan fingerprint density at radius 1 is 1.00 bits per heavy atom. The Kier molecular flexibility index (Phi) is 9.00. The van der Waals surface area contributed by atoms with Gasteiger partial charge in [0.1, 0.15) is 0 Å². The van der Waals surface area contributed by atoms with E-state index in [-0.39, 0.29) is 0 Å². The summed E-state index contributed by atoms with van der Waals surface area (Å²) < 4.78 is 0. The molecule has 0 amide bonds. The summed E-state index contributed by atoms with van der Waals surface area (Å²) in [5.41, 5.74) is 5.64. The molecule has 1 rings (SSSR count). The van der Waals surface area contributed by atoms with E-state index in [0.29, 0.717) is 6.42 Å². The van der Waals surface area contributed by atoms with Gasteiger partial charge in [-0.3, -0.25) is 0 Å². The number of rotatable bonds is 9. The van der Waals surface area contributed by atoms with Crippen molar-refractivity contribution < 1.29 is 0 Å². The minimum absolute atomic E-state index is 0.670. The van der Waals surface area contributed by atoms with E-state index in [1.165, 1.54) is 22.3 Å². The summed E-state index contributed by atoms with van der Waals surface area (Å²) in [6, 6.07) is 11.0. The molecule has 22 heavy (non-hydrogen) atoms. The van der Waals surface area contributed by atoms with Crippen molar-refractivity contribution in [3.8, 4) is 6.07 Å². The highest BCUT2D eigenvalue weighted by Crippen LogP contribution is 2.13. The molecule has 0 unspecified atom stereocenters. The van der Waals surface area contributed by atoms with Gasteiger partial charge in [0.2, 0.25) is 0 Å². The van der Waals surface area contributed by atoms with Crippen LogP contribution in [0.1, 0.15) is 63.5 Å². The fraction of sp³-hybridized carbons (Fsp3) is 0.476. The van der Waals surface area contributed by atoms with Crippen molar-refractivity contribution in [2.45, 2.75) is 65.7 Å². The van der Waals surface area contributed by atoms with E-state index in [1.54, 1.807) is 0 Å². The first-order valence-corrected chi connectivity index (χ1v) is 8.35. The molecule has 1 nitrogen and oxygen atoms in total. The number of benzene rings is 1. The molecule has 0 radical (unpaired) electrons. The zero-order valence-electron chi connectivity index (χ0n) is 14.4. The van der Waals surface area contributed by atoms with Gasteiger partial charge in [-0.1, -0.05) is 53.1 Å². The van der Waals surface area contributed by atoms with Crippen LogP contribution in [0.15, 0.2) is 47.6 Å². The molecule has 0 aromatic heterocycles. The summed E-state index contributed by atoms with van der Waals surface area (Å²) in [4.78, 5) is 0. The molecule has 0 saturated heterocycles.